The molecule has 1 aliphatic heterocycles. The number of carbonyl (C=O) groups is 1. The molecule has 0 spiro atoms. The van der Waals surface area contributed by atoms with Crippen molar-refractivity contribution in [2.45, 2.75) is 58.5 Å². The van der Waals surface area contributed by atoms with Gasteiger partial charge < -0.3 is 4.90 Å². The van der Waals surface area contributed by atoms with Crippen LogP contribution in [0, 0.1) is 0 Å². The summed E-state index contributed by atoms with van der Waals surface area (Å²) in [5.41, 5.74) is 3.27. The molecular weight excluding hydrogens is 368 g/mol. The van der Waals surface area contributed by atoms with E-state index in [4.69, 9.17) is 0 Å². The van der Waals surface area contributed by atoms with Crippen LogP contribution in [0.1, 0.15) is 67.9 Å². The number of imidazole rings is 1. The Bertz CT molecular complexity index is 1070. The summed E-state index contributed by atoms with van der Waals surface area (Å²) in [6.45, 7) is 8.29. The van der Waals surface area contributed by atoms with Crippen molar-refractivity contribution in [3.63, 3.8) is 0 Å². The smallest absolute Gasteiger partial charge is 0.327 e. The fraction of sp³-hybridized carbons (Fsp3) is 0.524. The van der Waals surface area contributed by atoms with Gasteiger partial charge in [-0.1, -0.05) is 6.92 Å². The van der Waals surface area contributed by atoms with E-state index in [0.29, 0.717) is 30.2 Å². The lowest BCUT2D eigenvalue weighted by molar-refractivity contribution is 0.0713. The highest BCUT2D eigenvalue weighted by Crippen LogP contribution is 2.33. The summed E-state index contributed by atoms with van der Waals surface area (Å²) in [6, 6.07) is 2.14. The zero-order valence-electron chi connectivity index (χ0n) is 17.3. The average Bonchev–Trinajstić information content (AvgIpc) is 3.36. The lowest BCUT2D eigenvalue weighted by atomic mass is 9.89. The zero-order valence-corrected chi connectivity index (χ0v) is 17.3. The van der Waals surface area contributed by atoms with Crippen molar-refractivity contribution >= 4 is 17.1 Å². The highest BCUT2D eigenvalue weighted by Gasteiger charge is 2.28. The van der Waals surface area contributed by atoms with E-state index in [1.807, 2.05) is 28.7 Å². The third kappa shape index (κ3) is 3.47. The maximum absolute atomic E-state index is 12.8. The number of nitrogens with one attached hydrogen (secondary N) is 1. The SMILES string of the molecule is CCC(C)n1c(=O)[nH]c2nccc(C3CCN(C(=O)c4cnn(CC)c4)CC3)c21. The van der Waals surface area contributed by atoms with E-state index in [9.17, 15) is 9.59 Å². The molecule has 0 saturated carbocycles. The van der Waals surface area contributed by atoms with Gasteiger partial charge in [-0.05, 0) is 50.7 Å². The molecule has 8 heteroatoms. The number of likely N-dealkylation sites (tertiary alicyclic amines) is 1. The van der Waals surface area contributed by atoms with Crippen LogP contribution in [-0.4, -0.2) is 48.2 Å². The lowest BCUT2D eigenvalue weighted by Gasteiger charge is -2.32. The Labute approximate surface area is 169 Å². The predicted molar refractivity (Wildman–Crippen MR) is 111 cm³/mol. The highest BCUT2D eigenvalue weighted by molar-refractivity contribution is 5.93. The Morgan fingerprint density at radius 3 is 2.72 bits per heavy atom. The second-order valence-corrected chi connectivity index (χ2v) is 7.81. The Morgan fingerprint density at radius 1 is 1.31 bits per heavy atom. The van der Waals surface area contributed by atoms with Crippen LogP contribution in [0.3, 0.4) is 0 Å². The Morgan fingerprint density at radius 2 is 2.07 bits per heavy atom. The molecule has 154 valence electrons. The van der Waals surface area contributed by atoms with Crippen LogP contribution in [0.15, 0.2) is 29.5 Å². The van der Waals surface area contributed by atoms with Crippen molar-refractivity contribution in [1.29, 1.82) is 0 Å². The van der Waals surface area contributed by atoms with Crippen molar-refractivity contribution in [1.82, 2.24) is 29.2 Å². The molecule has 0 aromatic carbocycles. The molecule has 1 amide bonds. The number of pyridine rings is 1. The summed E-state index contributed by atoms with van der Waals surface area (Å²) in [4.78, 5) is 34.5. The second kappa shape index (κ2) is 7.85. The van der Waals surface area contributed by atoms with Crippen LogP contribution in [0.4, 0.5) is 0 Å². The van der Waals surface area contributed by atoms with E-state index in [0.717, 1.165) is 36.9 Å². The summed E-state index contributed by atoms with van der Waals surface area (Å²) in [5.74, 6) is 0.342. The van der Waals surface area contributed by atoms with Crippen LogP contribution in [-0.2, 0) is 6.54 Å². The first-order valence-electron chi connectivity index (χ1n) is 10.4. The molecule has 1 fully saturated rings. The normalized spacial score (nSPS) is 16.4. The number of carbonyl (C=O) groups excluding carboxylic acids is 1. The van der Waals surface area contributed by atoms with Crippen molar-refractivity contribution in [3.8, 4) is 0 Å². The molecule has 0 radical (unpaired) electrons. The Balaban J connectivity index is 1.56. The van der Waals surface area contributed by atoms with Crippen LogP contribution >= 0.6 is 0 Å². The van der Waals surface area contributed by atoms with Gasteiger partial charge >= 0.3 is 5.69 Å². The van der Waals surface area contributed by atoms with E-state index in [1.165, 1.54) is 0 Å². The second-order valence-electron chi connectivity index (χ2n) is 7.81. The van der Waals surface area contributed by atoms with Crippen LogP contribution in [0.5, 0.6) is 0 Å². The highest BCUT2D eigenvalue weighted by atomic mass is 16.2. The van der Waals surface area contributed by atoms with Crippen molar-refractivity contribution in [3.05, 3.63) is 46.3 Å². The molecule has 4 heterocycles. The number of hydrogen-bond donors (Lipinski definition) is 1. The summed E-state index contributed by atoms with van der Waals surface area (Å²) in [5, 5.41) is 4.21. The summed E-state index contributed by atoms with van der Waals surface area (Å²) in [6.07, 6.45) is 7.84. The molecule has 3 aromatic rings. The molecule has 1 aliphatic rings. The average molecular weight is 396 g/mol. The van der Waals surface area contributed by atoms with Gasteiger partial charge in [-0.15, -0.1) is 0 Å². The van der Waals surface area contributed by atoms with E-state index in [-0.39, 0.29) is 17.6 Å². The fourth-order valence-electron chi connectivity index (χ4n) is 4.23. The van der Waals surface area contributed by atoms with Crippen LogP contribution < -0.4 is 5.69 Å². The van der Waals surface area contributed by atoms with Gasteiger partial charge in [0.05, 0.1) is 17.3 Å². The number of nitrogens with zero attached hydrogens (tertiary/aromatic N) is 5. The first-order valence-corrected chi connectivity index (χ1v) is 10.4. The van der Waals surface area contributed by atoms with Gasteiger partial charge in [0.1, 0.15) is 0 Å². The first-order chi connectivity index (χ1) is 14.0. The minimum Gasteiger partial charge on any atom is -0.339 e. The Hall–Kier alpha value is -2.90. The number of hydrogen-bond acceptors (Lipinski definition) is 4. The lowest BCUT2D eigenvalue weighted by Crippen LogP contribution is -2.38. The summed E-state index contributed by atoms with van der Waals surface area (Å²) >= 11 is 0. The monoisotopic (exact) mass is 396 g/mol. The van der Waals surface area contributed by atoms with Gasteiger partial charge in [-0.2, -0.15) is 5.10 Å². The number of H-pyrrole nitrogens is 1. The number of aryl methyl sites for hydroxylation is 1. The largest absolute Gasteiger partial charge is 0.339 e. The Kier molecular flexibility index (Phi) is 5.25. The number of aromatic amines is 1. The molecule has 29 heavy (non-hydrogen) atoms. The molecule has 4 rings (SSSR count). The van der Waals surface area contributed by atoms with E-state index in [1.54, 1.807) is 17.1 Å². The third-order valence-corrected chi connectivity index (χ3v) is 6.10. The predicted octanol–water partition coefficient (Wildman–Crippen LogP) is 2.93. The van der Waals surface area contributed by atoms with Gasteiger partial charge in [-0.25, -0.2) is 9.78 Å². The van der Waals surface area contributed by atoms with Gasteiger partial charge in [0.15, 0.2) is 5.65 Å². The summed E-state index contributed by atoms with van der Waals surface area (Å²) < 4.78 is 3.61. The molecule has 1 unspecified atom stereocenters. The van der Waals surface area contributed by atoms with Crippen molar-refractivity contribution in [2.24, 2.45) is 0 Å². The van der Waals surface area contributed by atoms with E-state index >= 15 is 0 Å². The number of amides is 1. The molecule has 8 nitrogen and oxygen atoms in total. The maximum atomic E-state index is 12.8. The van der Waals surface area contributed by atoms with Gasteiger partial charge in [0.2, 0.25) is 0 Å². The topological polar surface area (TPSA) is 88.8 Å². The third-order valence-electron chi connectivity index (χ3n) is 6.10. The van der Waals surface area contributed by atoms with Crippen LogP contribution in [0.2, 0.25) is 0 Å². The van der Waals surface area contributed by atoms with E-state index in [2.05, 4.69) is 28.9 Å². The van der Waals surface area contributed by atoms with E-state index < -0.39 is 0 Å². The fourth-order valence-corrected chi connectivity index (χ4v) is 4.23. The number of fused-ring (bicyclic) bond motifs is 1. The maximum Gasteiger partial charge on any atom is 0.327 e. The first kappa shape index (κ1) is 19.4. The van der Waals surface area contributed by atoms with Gasteiger partial charge in [0, 0.05) is 38.1 Å². The minimum absolute atomic E-state index is 0.0428. The molecular formula is C21H28N6O2. The molecule has 1 N–H and O–H groups in total. The quantitative estimate of drug-likeness (QED) is 0.718. The van der Waals surface area contributed by atoms with Gasteiger partial charge in [-0.3, -0.25) is 19.0 Å². The molecule has 1 saturated heterocycles. The zero-order chi connectivity index (χ0) is 20.5. The number of rotatable bonds is 5. The number of piperidine rings is 1. The number of aromatic nitrogens is 5. The summed E-state index contributed by atoms with van der Waals surface area (Å²) in [7, 11) is 0. The molecule has 0 aliphatic carbocycles. The van der Waals surface area contributed by atoms with Crippen molar-refractivity contribution in [2.75, 3.05) is 13.1 Å². The van der Waals surface area contributed by atoms with Crippen molar-refractivity contribution < 1.29 is 4.79 Å². The standard InChI is InChI=1S/C21H28N6O2/c1-4-14(3)27-18-17(6-9-22-19(18)24-21(27)29)15-7-10-25(11-8-15)20(28)16-12-23-26(5-2)13-16/h6,9,12-15H,4-5,7-8,10-11H2,1-3H3,(H,22,24,29). The minimum atomic E-state index is -0.102. The molecule has 0 bridgehead atoms. The van der Waals surface area contributed by atoms with Crippen LogP contribution in [0.25, 0.3) is 11.2 Å². The molecule has 3 aromatic heterocycles. The molecule has 1 atom stereocenters. The van der Waals surface area contributed by atoms with Gasteiger partial charge in [0.25, 0.3) is 5.91 Å².